The van der Waals surface area contributed by atoms with Gasteiger partial charge in [-0.2, -0.15) is 0 Å². The number of phenolic OH excluding ortho intramolecular Hbond substituents is 1. The summed E-state index contributed by atoms with van der Waals surface area (Å²) in [6.07, 6.45) is 0. The van der Waals surface area contributed by atoms with Crippen molar-refractivity contribution in [2.45, 2.75) is 6.92 Å². The van der Waals surface area contributed by atoms with Crippen molar-refractivity contribution in [2.24, 2.45) is 0 Å². The number of aryl methyl sites for hydroxylation is 1. The summed E-state index contributed by atoms with van der Waals surface area (Å²) in [4.78, 5) is 24.2. The Morgan fingerprint density at radius 3 is 2.42 bits per heavy atom. The standard InChI is InChI=1S/C18H18O6/c1-11-5-4-6-13(17(11)20)18(21)24-10-14(19)12-7-8-15(22-2)16(9-12)23-3/h4-9,20H,10H2,1-3H3. The maximum Gasteiger partial charge on any atom is 0.342 e. The zero-order valence-electron chi connectivity index (χ0n) is 13.7. The van der Waals surface area contributed by atoms with Crippen LogP contribution in [0.15, 0.2) is 36.4 Å². The topological polar surface area (TPSA) is 82.1 Å². The highest BCUT2D eigenvalue weighted by atomic mass is 16.5. The molecule has 0 amide bonds. The Hall–Kier alpha value is -3.02. The zero-order chi connectivity index (χ0) is 17.7. The van der Waals surface area contributed by atoms with Gasteiger partial charge < -0.3 is 19.3 Å². The van der Waals surface area contributed by atoms with Crippen LogP contribution in [-0.4, -0.2) is 37.7 Å². The molecule has 0 radical (unpaired) electrons. The molecule has 0 spiro atoms. The van der Waals surface area contributed by atoms with Gasteiger partial charge in [0, 0.05) is 5.56 Å². The molecule has 0 aromatic heterocycles. The molecule has 0 fully saturated rings. The van der Waals surface area contributed by atoms with Crippen LogP contribution in [-0.2, 0) is 4.74 Å². The van der Waals surface area contributed by atoms with Gasteiger partial charge in [-0.05, 0) is 36.8 Å². The number of Topliss-reactive ketones (excluding diaryl/α,β-unsaturated/α-hetero) is 1. The van der Waals surface area contributed by atoms with E-state index in [-0.39, 0.29) is 11.3 Å². The number of ether oxygens (including phenoxy) is 3. The molecule has 0 saturated heterocycles. The lowest BCUT2D eigenvalue weighted by atomic mass is 10.1. The van der Waals surface area contributed by atoms with Gasteiger partial charge in [-0.15, -0.1) is 0 Å². The summed E-state index contributed by atoms with van der Waals surface area (Å²) in [5.41, 5.74) is 0.902. The number of ketones is 1. The second-order valence-corrected chi connectivity index (χ2v) is 5.04. The van der Waals surface area contributed by atoms with Crippen LogP contribution in [0.25, 0.3) is 0 Å². The Bertz CT molecular complexity index is 766. The number of aromatic hydroxyl groups is 1. The summed E-state index contributed by atoms with van der Waals surface area (Å²) in [5, 5.41) is 9.86. The van der Waals surface area contributed by atoms with E-state index in [0.717, 1.165) is 0 Å². The number of phenols is 1. The molecule has 0 unspecified atom stereocenters. The fourth-order valence-electron chi connectivity index (χ4n) is 2.13. The highest BCUT2D eigenvalue weighted by Gasteiger charge is 2.17. The Morgan fingerprint density at radius 1 is 1.04 bits per heavy atom. The quantitative estimate of drug-likeness (QED) is 0.648. The average molecular weight is 330 g/mol. The smallest absolute Gasteiger partial charge is 0.342 e. The summed E-state index contributed by atoms with van der Waals surface area (Å²) in [6, 6.07) is 9.40. The molecule has 0 aliphatic heterocycles. The number of methoxy groups -OCH3 is 2. The van der Waals surface area contributed by atoms with Crippen LogP contribution < -0.4 is 9.47 Å². The molecule has 6 nitrogen and oxygen atoms in total. The van der Waals surface area contributed by atoms with E-state index in [4.69, 9.17) is 14.2 Å². The summed E-state index contributed by atoms with van der Waals surface area (Å²) < 4.78 is 15.2. The lowest BCUT2D eigenvalue weighted by molar-refractivity contribution is 0.0471. The van der Waals surface area contributed by atoms with Crippen molar-refractivity contribution in [2.75, 3.05) is 20.8 Å². The Balaban J connectivity index is 2.08. The van der Waals surface area contributed by atoms with Gasteiger partial charge in [0.15, 0.2) is 23.9 Å². The van der Waals surface area contributed by atoms with E-state index < -0.39 is 18.4 Å². The summed E-state index contributed by atoms with van der Waals surface area (Å²) in [7, 11) is 2.96. The first-order valence-electron chi connectivity index (χ1n) is 7.19. The van der Waals surface area contributed by atoms with E-state index in [1.54, 1.807) is 31.2 Å². The van der Waals surface area contributed by atoms with E-state index in [1.165, 1.54) is 26.4 Å². The van der Waals surface area contributed by atoms with E-state index >= 15 is 0 Å². The molecule has 1 N–H and O–H groups in total. The van der Waals surface area contributed by atoms with Gasteiger partial charge in [0.2, 0.25) is 0 Å². The second kappa shape index (κ2) is 7.50. The summed E-state index contributed by atoms with van der Waals surface area (Å²) in [6.45, 7) is 1.22. The first-order chi connectivity index (χ1) is 11.5. The van der Waals surface area contributed by atoms with E-state index in [2.05, 4.69) is 0 Å². The molecule has 0 heterocycles. The Labute approximate surface area is 139 Å². The van der Waals surface area contributed by atoms with Crippen LogP contribution >= 0.6 is 0 Å². The first kappa shape index (κ1) is 17.3. The second-order valence-electron chi connectivity index (χ2n) is 5.04. The van der Waals surface area contributed by atoms with Crippen LogP contribution in [0.3, 0.4) is 0 Å². The van der Waals surface area contributed by atoms with Crippen molar-refractivity contribution < 1.29 is 28.9 Å². The van der Waals surface area contributed by atoms with Crippen LogP contribution in [0.1, 0.15) is 26.3 Å². The van der Waals surface area contributed by atoms with Crippen molar-refractivity contribution in [1.82, 2.24) is 0 Å². The third-order valence-corrected chi connectivity index (χ3v) is 3.50. The van der Waals surface area contributed by atoms with Gasteiger partial charge >= 0.3 is 5.97 Å². The lowest BCUT2D eigenvalue weighted by Crippen LogP contribution is -2.14. The molecular weight excluding hydrogens is 312 g/mol. The normalized spacial score (nSPS) is 10.1. The highest BCUT2D eigenvalue weighted by molar-refractivity contribution is 6.00. The third kappa shape index (κ3) is 3.65. The largest absolute Gasteiger partial charge is 0.507 e. The minimum absolute atomic E-state index is 0.0233. The van der Waals surface area contributed by atoms with Crippen LogP contribution in [0, 0.1) is 6.92 Å². The van der Waals surface area contributed by atoms with Crippen LogP contribution in [0.4, 0.5) is 0 Å². The molecule has 0 aliphatic rings. The maximum absolute atomic E-state index is 12.2. The number of benzene rings is 2. The molecule has 24 heavy (non-hydrogen) atoms. The van der Waals surface area contributed by atoms with Crippen LogP contribution in [0.5, 0.6) is 17.2 Å². The molecule has 2 aromatic carbocycles. The Kier molecular flexibility index (Phi) is 5.42. The molecule has 0 aliphatic carbocycles. The number of hydrogen-bond donors (Lipinski definition) is 1. The molecule has 6 heteroatoms. The monoisotopic (exact) mass is 330 g/mol. The van der Waals surface area contributed by atoms with Crippen molar-refractivity contribution in [3.8, 4) is 17.2 Å². The van der Waals surface area contributed by atoms with Gasteiger partial charge in [0.05, 0.1) is 14.2 Å². The fraction of sp³-hybridized carbons (Fsp3) is 0.222. The van der Waals surface area contributed by atoms with Crippen molar-refractivity contribution in [3.63, 3.8) is 0 Å². The SMILES string of the molecule is COc1ccc(C(=O)COC(=O)c2cccc(C)c2O)cc1OC. The molecular formula is C18H18O6. The van der Waals surface area contributed by atoms with Crippen LogP contribution in [0.2, 0.25) is 0 Å². The zero-order valence-corrected chi connectivity index (χ0v) is 13.7. The number of esters is 1. The van der Waals surface area contributed by atoms with Gasteiger partial charge in [0.25, 0.3) is 0 Å². The molecule has 0 saturated carbocycles. The lowest BCUT2D eigenvalue weighted by Gasteiger charge is -2.10. The molecule has 2 rings (SSSR count). The number of hydrogen-bond acceptors (Lipinski definition) is 6. The molecule has 0 atom stereocenters. The number of rotatable bonds is 6. The number of para-hydroxylation sites is 1. The first-order valence-corrected chi connectivity index (χ1v) is 7.19. The summed E-state index contributed by atoms with van der Waals surface area (Å²) in [5.74, 6) is -0.399. The van der Waals surface area contributed by atoms with Crippen molar-refractivity contribution in [1.29, 1.82) is 0 Å². The summed E-state index contributed by atoms with van der Waals surface area (Å²) >= 11 is 0. The highest BCUT2D eigenvalue weighted by Crippen LogP contribution is 2.28. The van der Waals surface area contributed by atoms with E-state index in [9.17, 15) is 14.7 Å². The van der Waals surface area contributed by atoms with Gasteiger partial charge in [0.1, 0.15) is 11.3 Å². The van der Waals surface area contributed by atoms with Crippen molar-refractivity contribution in [3.05, 3.63) is 53.1 Å². The van der Waals surface area contributed by atoms with Gasteiger partial charge in [-0.25, -0.2) is 4.79 Å². The van der Waals surface area contributed by atoms with E-state index in [0.29, 0.717) is 22.6 Å². The van der Waals surface area contributed by atoms with E-state index in [1.807, 2.05) is 0 Å². The molecule has 126 valence electrons. The fourth-order valence-corrected chi connectivity index (χ4v) is 2.13. The molecule has 2 aromatic rings. The van der Waals surface area contributed by atoms with Crippen molar-refractivity contribution >= 4 is 11.8 Å². The average Bonchev–Trinajstić information content (AvgIpc) is 2.60. The van der Waals surface area contributed by atoms with Gasteiger partial charge in [-0.3, -0.25) is 4.79 Å². The number of carbonyl (C=O) groups is 2. The number of carbonyl (C=O) groups excluding carboxylic acids is 2. The maximum atomic E-state index is 12.2. The minimum Gasteiger partial charge on any atom is -0.507 e. The predicted octanol–water partition coefficient (Wildman–Crippen LogP) is 2.76. The van der Waals surface area contributed by atoms with Gasteiger partial charge in [-0.1, -0.05) is 12.1 Å². The molecule has 0 bridgehead atoms. The Morgan fingerprint density at radius 2 is 1.75 bits per heavy atom. The predicted molar refractivity (Wildman–Crippen MR) is 87.0 cm³/mol. The third-order valence-electron chi connectivity index (χ3n) is 3.50. The minimum atomic E-state index is -0.759.